The molecular weight excluding hydrogens is 202 g/mol. The van der Waals surface area contributed by atoms with Crippen molar-refractivity contribution in [3.8, 4) is 0 Å². The summed E-state index contributed by atoms with van der Waals surface area (Å²) < 4.78 is 5.59. The molecule has 1 aliphatic rings. The smallest absolute Gasteiger partial charge is 0.125 e. The van der Waals surface area contributed by atoms with Crippen LogP contribution in [0.2, 0.25) is 0 Å². The highest BCUT2D eigenvalue weighted by atomic mass is 16.5. The number of hydrogen-bond acceptors (Lipinski definition) is 4. The largest absolute Gasteiger partial charge is 0.384 e. The maximum atomic E-state index is 5.63. The van der Waals surface area contributed by atoms with E-state index in [9.17, 15) is 0 Å². The molecule has 0 aliphatic heterocycles. The van der Waals surface area contributed by atoms with Crippen LogP contribution in [0.15, 0.2) is 18.3 Å². The van der Waals surface area contributed by atoms with Crippen LogP contribution in [0.4, 0.5) is 11.5 Å². The summed E-state index contributed by atoms with van der Waals surface area (Å²) in [6.07, 6.45) is 4.42. The van der Waals surface area contributed by atoms with Crippen molar-refractivity contribution < 1.29 is 4.74 Å². The molecule has 1 fully saturated rings. The molecule has 0 aromatic carbocycles. The minimum Gasteiger partial charge on any atom is -0.384 e. The van der Waals surface area contributed by atoms with E-state index in [2.05, 4.69) is 9.88 Å². The fourth-order valence-electron chi connectivity index (χ4n) is 1.54. The third-order valence-electron chi connectivity index (χ3n) is 2.83. The topological polar surface area (TPSA) is 51.4 Å². The number of rotatable bonds is 6. The van der Waals surface area contributed by atoms with E-state index in [1.54, 1.807) is 6.20 Å². The van der Waals surface area contributed by atoms with Gasteiger partial charge in [-0.25, -0.2) is 4.98 Å². The average Bonchev–Trinajstić information content (AvgIpc) is 3.08. The molecule has 0 radical (unpaired) electrons. The summed E-state index contributed by atoms with van der Waals surface area (Å²) in [5.74, 6) is 1.39. The zero-order valence-electron chi connectivity index (χ0n) is 9.72. The summed E-state index contributed by atoms with van der Waals surface area (Å²) in [7, 11) is 2.04. The molecule has 1 heterocycles. The lowest BCUT2D eigenvalue weighted by Crippen LogP contribution is -2.23. The van der Waals surface area contributed by atoms with Crippen LogP contribution in [0, 0.1) is 5.92 Å². The maximum Gasteiger partial charge on any atom is 0.125 e. The molecule has 0 amide bonds. The third-order valence-corrected chi connectivity index (χ3v) is 2.83. The number of hydrogen-bond donors (Lipinski definition) is 1. The van der Waals surface area contributed by atoms with E-state index in [0.29, 0.717) is 5.82 Å². The highest BCUT2D eigenvalue weighted by Crippen LogP contribution is 2.28. The molecule has 0 spiro atoms. The summed E-state index contributed by atoms with van der Waals surface area (Å²) in [4.78, 5) is 6.10. The van der Waals surface area contributed by atoms with Gasteiger partial charge in [0.1, 0.15) is 5.82 Å². The number of anilines is 2. The van der Waals surface area contributed by atoms with Crippen LogP contribution in [0.25, 0.3) is 0 Å². The van der Waals surface area contributed by atoms with Gasteiger partial charge in [-0.05, 0) is 24.8 Å². The van der Waals surface area contributed by atoms with Gasteiger partial charge in [0.25, 0.3) is 0 Å². The quantitative estimate of drug-likeness (QED) is 0.740. The molecule has 1 aromatic rings. The first kappa shape index (κ1) is 11.2. The van der Waals surface area contributed by atoms with Crippen molar-refractivity contribution in [1.29, 1.82) is 0 Å². The molecule has 0 bridgehead atoms. The molecule has 0 saturated heterocycles. The Morgan fingerprint density at radius 2 is 2.38 bits per heavy atom. The van der Waals surface area contributed by atoms with E-state index in [1.165, 1.54) is 12.8 Å². The third kappa shape index (κ3) is 3.38. The second-order valence-corrected chi connectivity index (χ2v) is 4.38. The Hall–Kier alpha value is -1.29. The normalized spacial score (nSPS) is 15.1. The van der Waals surface area contributed by atoms with Crippen molar-refractivity contribution in [2.24, 2.45) is 5.92 Å². The molecule has 1 aromatic heterocycles. The van der Waals surface area contributed by atoms with Crippen molar-refractivity contribution >= 4 is 11.5 Å². The van der Waals surface area contributed by atoms with Gasteiger partial charge in [0.15, 0.2) is 0 Å². The van der Waals surface area contributed by atoms with Crippen LogP contribution in [0.5, 0.6) is 0 Å². The second kappa shape index (κ2) is 5.16. The number of pyridine rings is 1. The first-order valence-electron chi connectivity index (χ1n) is 5.76. The van der Waals surface area contributed by atoms with Crippen molar-refractivity contribution in [1.82, 2.24) is 4.98 Å². The molecule has 1 saturated carbocycles. The summed E-state index contributed by atoms with van der Waals surface area (Å²) in [6, 6.07) is 3.83. The van der Waals surface area contributed by atoms with Gasteiger partial charge in [-0.3, -0.25) is 0 Å². The number of ether oxygens (including phenoxy) is 1. The molecule has 4 nitrogen and oxygen atoms in total. The van der Waals surface area contributed by atoms with Crippen LogP contribution in [-0.2, 0) is 4.74 Å². The van der Waals surface area contributed by atoms with Crippen molar-refractivity contribution in [2.75, 3.05) is 37.4 Å². The number of nitrogens with zero attached hydrogens (tertiary/aromatic N) is 2. The van der Waals surface area contributed by atoms with Gasteiger partial charge in [-0.1, -0.05) is 0 Å². The van der Waals surface area contributed by atoms with E-state index < -0.39 is 0 Å². The molecule has 1 aliphatic carbocycles. The Labute approximate surface area is 96.4 Å². The van der Waals surface area contributed by atoms with E-state index in [1.807, 2.05) is 19.2 Å². The summed E-state index contributed by atoms with van der Waals surface area (Å²) >= 11 is 0. The first-order chi connectivity index (χ1) is 7.75. The van der Waals surface area contributed by atoms with Crippen LogP contribution < -0.4 is 10.6 Å². The molecular formula is C12H19N3O. The average molecular weight is 221 g/mol. The molecule has 2 rings (SSSR count). The Bertz CT molecular complexity index is 339. The molecule has 16 heavy (non-hydrogen) atoms. The van der Waals surface area contributed by atoms with Crippen LogP contribution in [0.3, 0.4) is 0 Å². The minimum atomic E-state index is 0.559. The molecule has 0 atom stereocenters. The monoisotopic (exact) mass is 221 g/mol. The Morgan fingerprint density at radius 3 is 3.06 bits per heavy atom. The van der Waals surface area contributed by atoms with Crippen molar-refractivity contribution in [3.63, 3.8) is 0 Å². The van der Waals surface area contributed by atoms with E-state index in [0.717, 1.165) is 31.4 Å². The first-order valence-corrected chi connectivity index (χ1v) is 5.76. The summed E-state index contributed by atoms with van der Waals surface area (Å²) in [5.41, 5.74) is 6.72. The van der Waals surface area contributed by atoms with Gasteiger partial charge in [0.2, 0.25) is 0 Å². The molecule has 88 valence electrons. The van der Waals surface area contributed by atoms with Gasteiger partial charge < -0.3 is 15.4 Å². The lowest BCUT2D eigenvalue weighted by atomic mass is 10.3. The number of aromatic nitrogens is 1. The Morgan fingerprint density at radius 1 is 1.56 bits per heavy atom. The lowest BCUT2D eigenvalue weighted by Gasteiger charge is -2.19. The van der Waals surface area contributed by atoms with Crippen molar-refractivity contribution in [3.05, 3.63) is 18.3 Å². The van der Waals surface area contributed by atoms with Crippen LogP contribution in [0.1, 0.15) is 12.8 Å². The summed E-state index contributed by atoms with van der Waals surface area (Å²) in [6.45, 7) is 2.58. The zero-order valence-corrected chi connectivity index (χ0v) is 9.72. The highest BCUT2D eigenvalue weighted by molar-refractivity contribution is 5.51. The predicted molar refractivity (Wildman–Crippen MR) is 65.5 cm³/mol. The number of nitrogen functional groups attached to an aromatic ring is 1. The fraction of sp³-hybridized carbons (Fsp3) is 0.583. The fourth-order valence-corrected chi connectivity index (χ4v) is 1.54. The SMILES string of the molecule is CN(CCOCC1CC1)c1ccnc(N)c1. The van der Waals surface area contributed by atoms with E-state index in [4.69, 9.17) is 10.5 Å². The molecule has 0 unspecified atom stereocenters. The Kier molecular flexibility index (Phi) is 3.62. The van der Waals surface area contributed by atoms with Gasteiger partial charge in [0.05, 0.1) is 6.61 Å². The number of nitrogens with two attached hydrogens (primary N) is 1. The van der Waals surface area contributed by atoms with Gasteiger partial charge in [-0.2, -0.15) is 0 Å². The van der Waals surface area contributed by atoms with Crippen LogP contribution >= 0.6 is 0 Å². The standard InChI is InChI=1S/C12H19N3O/c1-15(6-7-16-9-10-2-3-10)11-4-5-14-12(13)8-11/h4-5,8,10H,2-3,6-7,9H2,1H3,(H2,13,14). The van der Waals surface area contributed by atoms with Crippen LogP contribution in [-0.4, -0.2) is 31.8 Å². The molecule has 2 N–H and O–H groups in total. The maximum absolute atomic E-state index is 5.63. The zero-order chi connectivity index (χ0) is 11.4. The Balaban J connectivity index is 1.71. The summed E-state index contributed by atoms with van der Waals surface area (Å²) in [5, 5.41) is 0. The van der Waals surface area contributed by atoms with Gasteiger partial charge >= 0.3 is 0 Å². The van der Waals surface area contributed by atoms with E-state index in [-0.39, 0.29) is 0 Å². The van der Waals surface area contributed by atoms with Gasteiger partial charge in [0, 0.05) is 38.1 Å². The van der Waals surface area contributed by atoms with E-state index >= 15 is 0 Å². The van der Waals surface area contributed by atoms with Crippen molar-refractivity contribution in [2.45, 2.75) is 12.8 Å². The lowest BCUT2D eigenvalue weighted by molar-refractivity contribution is 0.131. The predicted octanol–water partition coefficient (Wildman–Crippen LogP) is 1.53. The highest BCUT2D eigenvalue weighted by Gasteiger charge is 2.20. The minimum absolute atomic E-state index is 0.559. The molecule has 4 heteroatoms. The number of likely N-dealkylation sites (N-methyl/N-ethyl adjacent to an activating group) is 1. The second-order valence-electron chi connectivity index (χ2n) is 4.38. The van der Waals surface area contributed by atoms with Gasteiger partial charge in [-0.15, -0.1) is 0 Å².